The third-order valence-corrected chi connectivity index (χ3v) is 3.47. The van der Waals surface area contributed by atoms with Gasteiger partial charge in [0.1, 0.15) is 0 Å². The van der Waals surface area contributed by atoms with Crippen LogP contribution < -0.4 is 11.1 Å². The molecule has 3 nitrogen and oxygen atoms in total. The molecule has 0 fully saturated rings. The highest BCUT2D eigenvalue weighted by molar-refractivity contribution is 7.09. The van der Waals surface area contributed by atoms with Crippen LogP contribution in [0.25, 0.3) is 0 Å². The molecule has 2 rings (SSSR count). The number of nitrogens with zero attached hydrogens (tertiary/aromatic N) is 1. The van der Waals surface area contributed by atoms with Crippen molar-refractivity contribution in [2.45, 2.75) is 20.4 Å². The Balaban J connectivity index is 2.08. The molecule has 3 N–H and O–H groups in total. The first-order valence-corrected chi connectivity index (χ1v) is 6.04. The first-order valence-electron chi connectivity index (χ1n) is 5.16. The first-order chi connectivity index (χ1) is 7.66. The highest BCUT2D eigenvalue weighted by Gasteiger charge is 2.02. The highest BCUT2D eigenvalue weighted by Crippen LogP contribution is 2.20. The van der Waals surface area contributed by atoms with Gasteiger partial charge < -0.3 is 11.1 Å². The van der Waals surface area contributed by atoms with Gasteiger partial charge in [-0.25, -0.2) is 4.98 Å². The first kappa shape index (κ1) is 11.0. The molecule has 0 radical (unpaired) electrons. The van der Waals surface area contributed by atoms with E-state index in [1.807, 2.05) is 30.6 Å². The normalized spacial score (nSPS) is 10.4. The Morgan fingerprint density at radius 1 is 1.38 bits per heavy atom. The average Bonchev–Trinajstić information content (AvgIpc) is 2.63. The summed E-state index contributed by atoms with van der Waals surface area (Å²) in [4.78, 5) is 5.50. The van der Waals surface area contributed by atoms with Crippen LogP contribution in [-0.2, 0) is 6.54 Å². The number of aromatic nitrogens is 1. The summed E-state index contributed by atoms with van der Waals surface area (Å²) in [6.07, 6.45) is 0. The van der Waals surface area contributed by atoms with Crippen molar-refractivity contribution in [3.05, 3.63) is 39.8 Å². The molecule has 1 heterocycles. The Hall–Kier alpha value is -1.55. The van der Waals surface area contributed by atoms with Crippen molar-refractivity contribution < 1.29 is 0 Å². The average molecular weight is 233 g/mol. The maximum atomic E-state index is 5.71. The molecule has 2 aromatic rings. The van der Waals surface area contributed by atoms with Crippen LogP contribution >= 0.6 is 11.3 Å². The van der Waals surface area contributed by atoms with E-state index in [4.69, 9.17) is 5.73 Å². The Labute approximate surface area is 99.3 Å². The predicted octanol–water partition coefficient (Wildman–Crippen LogP) is 2.95. The number of thiazole rings is 1. The molecule has 4 heteroatoms. The molecule has 1 aromatic heterocycles. The van der Waals surface area contributed by atoms with E-state index in [2.05, 4.69) is 17.2 Å². The van der Waals surface area contributed by atoms with E-state index in [9.17, 15) is 0 Å². The molecule has 0 saturated heterocycles. The summed E-state index contributed by atoms with van der Waals surface area (Å²) in [5.74, 6) is 0. The van der Waals surface area contributed by atoms with Gasteiger partial charge >= 0.3 is 0 Å². The summed E-state index contributed by atoms with van der Waals surface area (Å²) in [7, 11) is 0. The number of nitrogens with one attached hydrogen (secondary N) is 1. The van der Waals surface area contributed by atoms with Crippen molar-refractivity contribution in [2.24, 2.45) is 0 Å². The molecule has 0 bridgehead atoms. The van der Waals surface area contributed by atoms with Crippen LogP contribution in [0.4, 0.5) is 11.4 Å². The number of benzene rings is 1. The number of hydrogen-bond donors (Lipinski definition) is 2. The lowest BCUT2D eigenvalue weighted by molar-refractivity contribution is 1.12. The van der Waals surface area contributed by atoms with Crippen molar-refractivity contribution >= 4 is 22.7 Å². The van der Waals surface area contributed by atoms with E-state index < -0.39 is 0 Å². The SMILES string of the molecule is Cc1cc(N)ccc1NCc1scnc1C. The van der Waals surface area contributed by atoms with Crippen LogP contribution in [0.3, 0.4) is 0 Å². The standard InChI is InChI=1S/C12H15N3S/c1-8-5-10(13)3-4-11(8)14-6-12-9(2)15-7-16-12/h3-5,7,14H,6,13H2,1-2H3. The molecule has 0 aliphatic heterocycles. The van der Waals surface area contributed by atoms with Crippen molar-refractivity contribution in [1.82, 2.24) is 4.98 Å². The molecule has 0 atom stereocenters. The molecule has 84 valence electrons. The zero-order chi connectivity index (χ0) is 11.5. The highest BCUT2D eigenvalue weighted by atomic mass is 32.1. The maximum absolute atomic E-state index is 5.71. The molecule has 0 spiro atoms. The zero-order valence-electron chi connectivity index (χ0n) is 9.45. The topological polar surface area (TPSA) is 50.9 Å². The van der Waals surface area contributed by atoms with Crippen LogP contribution in [0.2, 0.25) is 0 Å². The number of rotatable bonds is 3. The van der Waals surface area contributed by atoms with Gasteiger partial charge in [0.05, 0.1) is 17.7 Å². The second-order valence-electron chi connectivity index (χ2n) is 3.79. The van der Waals surface area contributed by atoms with Gasteiger partial charge in [0, 0.05) is 16.3 Å². The minimum Gasteiger partial charge on any atom is -0.399 e. The molecular weight excluding hydrogens is 218 g/mol. The largest absolute Gasteiger partial charge is 0.399 e. The Morgan fingerprint density at radius 3 is 2.81 bits per heavy atom. The van der Waals surface area contributed by atoms with Gasteiger partial charge in [0.15, 0.2) is 0 Å². The van der Waals surface area contributed by atoms with E-state index in [1.165, 1.54) is 10.4 Å². The third-order valence-electron chi connectivity index (χ3n) is 2.53. The fourth-order valence-corrected chi connectivity index (χ4v) is 2.27. The second kappa shape index (κ2) is 4.53. The smallest absolute Gasteiger partial charge is 0.0798 e. The van der Waals surface area contributed by atoms with Gasteiger partial charge in [0.25, 0.3) is 0 Å². The second-order valence-corrected chi connectivity index (χ2v) is 4.73. The van der Waals surface area contributed by atoms with Crippen molar-refractivity contribution in [3.63, 3.8) is 0 Å². The number of anilines is 2. The quantitative estimate of drug-likeness (QED) is 0.801. The van der Waals surface area contributed by atoms with E-state index in [0.717, 1.165) is 23.6 Å². The van der Waals surface area contributed by atoms with Gasteiger partial charge in [-0.3, -0.25) is 0 Å². The lowest BCUT2D eigenvalue weighted by atomic mass is 10.2. The van der Waals surface area contributed by atoms with E-state index >= 15 is 0 Å². The summed E-state index contributed by atoms with van der Waals surface area (Å²) in [5, 5.41) is 3.40. The van der Waals surface area contributed by atoms with Crippen LogP contribution in [0.5, 0.6) is 0 Å². The third kappa shape index (κ3) is 2.33. The fraction of sp³-hybridized carbons (Fsp3) is 0.250. The molecule has 0 saturated carbocycles. The van der Waals surface area contributed by atoms with Crippen LogP contribution in [0.15, 0.2) is 23.7 Å². The summed E-state index contributed by atoms with van der Waals surface area (Å²) in [5.41, 5.74) is 11.8. The predicted molar refractivity (Wildman–Crippen MR) is 69.8 cm³/mol. The monoisotopic (exact) mass is 233 g/mol. The minimum atomic E-state index is 0.803. The summed E-state index contributed by atoms with van der Waals surface area (Å²) in [6.45, 7) is 4.91. The zero-order valence-corrected chi connectivity index (χ0v) is 10.3. The Kier molecular flexibility index (Phi) is 3.10. The number of hydrogen-bond acceptors (Lipinski definition) is 4. The fourth-order valence-electron chi connectivity index (χ4n) is 1.56. The minimum absolute atomic E-state index is 0.803. The van der Waals surface area contributed by atoms with E-state index in [1.54, 1.807) is 11.3 Å². The van der Waals surface area contributed by atoms with Gasteiger partial charge in [-0.2, -0.15) is 0 Å². The maximum Gasteiger partial charge on any atom is 0.0798 e. The van der Waals surface area contributed by atoms with Crippen molar-refractivity contribution in [3.8, 4) is 0 Å². The molecule has 0 unspecified atom stereocenters. The lowest BCUT2D eigenvalue weighted by Gasteiger charge is -2.09. The van der Waals surface area contributed by atoms with Gasteiger partial charge in [-0.1, -0.05) is 0 Å². The summed E-state index contributed by atoms with van der Waals surface area (Å²) >= 11 is 1.68. The Bertz CT molecular complexity index is 491. The van der Waals surface area contributed by atoms with Crippen molar-refractivity contribution in [2.75, 3.05) is 11.1 Å². The summed E-state index contributed by atoms with van der Waals surface area (Å²) < 4.78 is 0. The number of nitrogens with two attached hydrogens (primary N) is 1. The molecule has 0 aliphatic carbocycles. The van der Waals surface area contributed by atoms with Crippen LogP contribution in [0.1, 0.15) is 16.1 Å². The molecule has 0 aliphatic rings. The van der Waals surface area contributed by atoms with Gasteiger partial charge in [-0.05, 0) is 37.6 Å². The lowest BCUT2D eigenvalue weighted by Crippen LogP contribution is -2.01. The van der Waals surface area contributed by atoms with Crippen molar-refractivity contribution in [1.29, 1.82) is 0 Å². The van der Waals surface area contributed by atoms with Crippen LogP contribution in [0, 0.1) is 13.8 Å². The molecular formula is C12H15N3S. The number of nitrogen functional groups attached to an aromatic ring is 1. The summed E-state index contributed by atoms with van der Waals surface area (Å²) in [6, 6.07) is 5.90. The molecule has 1 aromatic carbocycles. The molecule has 16 heavy (non-hydrogen) atoms. The van der Waals surface area contributed by atoms with Gasteiger partial charge in [0.2, 0.25) is 0 Å². The van der Waals surface area contributed by atoms with Crippen LogP contribution in [-0.4, -0.2) is 4.98 Å². The number of aryl methyl sites for hydroxylation is 2. The molecule has 0 amide bonds. The Morgan fingerprint density at radius 2 is 2.19 bits per heavy atom. The van der Waals surface area contributed by atoms with E-state index in [0.29, 0.717) is 0 Å². The van der Waals surface area contributed by atoms with Gasteiger partial charge in [-0.15, -0.1) is 11.3 Å². The van der Waals surface area contributed by atoms with E-state index in [-0.39, 0.29) is 0 Å².